The molecule has 4 nitrogen and oxygen atoms in total. The molecule has 176 valence electrons. The summed E-state index contributed by atoms with van der Waals surface area (Å²) in [5.41, 5.74) is 5.89. The van der Waals surface area contributed by atoms with Gasteiger partial charge < -0.3 is 20.3 Å². The molecule has 4 rings (SSSR count). The third-order valence-corrected chi connectivity index (χ3v) is 6.20. The zero-order chi connectivity index (χ0) is 23.6. The molecular formula is C26H28F3NO3. The number of hydrogen-bond acceptors (Lipinski definition) is 4. The molecule has 1 aliphatic rings. The van der Waals surface area contributed by atoms with Gasteiger partial charge in [-0.25, -0.2) is 0 Å². The average Bonchev–Trinajstić information content (AvgIpc) is 2.76. The van der Waals surface area contributed by atoms with Gasteiger partial charge in [0, 0.05) is 0 Å². The molecule has 0 heterocycles. The van der Waals surface area contributed by atoms with E-state index < -0.39 is 17.3 Å². The Hall–Kier alpha value is -2.61. The Morgan fingerprint density at radius 1 is 1.03 bits per heavy atom. The molecule has 3 aromatic rings. The Morgan fingerprint density at radius 2 is 1.76 bits per heavy atom. The molecule has 1 aliphatic carbocycles. The summed E-state index contributed by atoms with van der Waals surface area (Å²) in [6.07, 6.45) is -3.52. The summed E-state index contributed by atoms with van der Waals surface area (Å²) >= 11 is 0. The van der Waals surface area contributed by atoms with Gasteiger partial charge in [0.15, 0.2) is 0 Å². The maximum Gasteiger partial charge on any atom is 0.420 e. The lowest BCUT2D eigenvalue weighted by molar-refractivity contribution is -0.138. The maximum atomic E-state index is 14.0. The summed E-state index contributed by atoms with van der Waals surface area (Å²) in [5.74, 6) is 0.117. The second-order valence-corrected chi connectivity index (χ2v) is 9.03. The van der Waals surface area contributed by atoms with E-state index in [1.54, 1.807) is 19.1 Å². The number of halogens is 3. The normalized spacial score (nSPS) is 20.3. The van der Waals surface area contributed by atoms with Crippen LogP contribution in [0.2, 0.25) is 0 Å². The van der Waals surface area contributed by atoms with E-state index in [0.717, 1.165) is 5.56 Å². The molecule has 0 amide bonds. The highest BCUT2D eigenvalue weighted by atomic mass is 19.4. The van der Waals surface area contributed by atoms with Crippen molar-refractivity contribution in [1.29, 1.82) is 0 Å². The summed E-state index contributed by atoms with van der Waals surface area (Å²) < 4.78 is 53.5. The van der Waals surface area contributed by atoms with Gasteiger partial charge >= 0.3 is 6.18 Å². The second-order valence-electron chi connectivity index (χ2n) is 9.03. The van der Waals surface area contributed by atoms with Gasteiger partial charge in [0.2, 0.25) is 0 Å². The summed E-state index contributed by atoms with van der Waals surface area (Å²) in [6, 6.07) is 17.3. The Morgan fingerprint density at radius 3 is 2.42 bits per heavy atom. The molecule has 33 heavy (non-hydrogen) atoms. The zero-order valence-electron chi connectivity index (χ0n) is 18.4. The predicted octanol–water partition coefficient (Wildman–Crippen LogP) is 5.40. The van der Waals surface area contributed by atoms with Crippen LogP contribution in [0.1, 0.15) is 36.5 Å². The van der Waals surface area contributed by atoms with Crippen molar-refractivity contribution in [1.82, 2.24) is 0 Å². The first-order valence-corrected chi connectivity index (χ1v) is 11.0. The van der Waals surface area contributed by atoms with Gasteiger partial charge in [-0.05, 0) is 59.7 Å². The minimum atomic E-state index is -4.57. The van der Waals surface area contributed by atoms with Crippen molar-refractivity contribution >= 4 is 10.8 Å². The monoisotopic (exact) mass is 459 g/mol. The van der Waals surface area contributed by atoms with Crippen LogP contribution >= 0.6 is 0 Å². The molecule has 0 spiro atoms. The standard InChI is InChI=1S/C26H28F3NO3/c1-25(30,16-31)20-8-9-22-19(13-20)7-10-23(24(22)26(27,28)29)33-21-11-18(12-21)15-32-14-17-5-3-2-4-6-17/h2-10,13,18,21,31H,11-12,14-16,30H2,1H3/t18-,21+,25-/m0/s1. The number of ether oxygens (including phenoxy) is 2. The largest absolute Gasteiger partial charge is 0.490 e. The fourth-order valence-electron chi connectivity index (χ4n) is 4.15. The van der Waals surface area contributed by atoms with Gasteiger partial charge in [-0.2, -0.15) is 13.2 Å². The molecular weight excluding hydrogens is 431 g/mol. The van der Waals surface area contributed by atoms with E-state index in [1.807, 2.05) is 30.3 Å². The van der Waals surface area contributed by atoms with Gasteiger partial charge in [0.05, 0.1) is 31.5 Å². The number of aliphatic hydroxyl groups is 1. The molecule has 0 radical (unpaired) electrons. The van der Waals surface area contributed by atoms with Crippen molar-refractivity contribution in [3.8, 4) is 5.75 Å². The van der Waals surface area contributed by atoms with Crippen LogP contribution in [0.15, 0.2) is 60.7 Å². The second kappa shape index (κ2) is 9.33. The molecule has 0 unspecified atom stereocenters. The smallest absolute Gasteiger partial charge is 0.420 e. The molecule has 7 heteroatoms. The highest BCUT2D eigenvalue weighted by Gasteiger charge is 2.39. The van der Waals surface area contributed by atoms with Gasteiger partial charge in [-0.3, -0.25) is 0 Å². The van der Waals surface area contributed by atoms with Gasteiger partial charge in [-0.15, -0.1) is 0 Å². The van der Waals surface area contributed by atoms with Crippen LogP contribution in [0.4, 0.5) is 13.2 Å². The third-order valence-electron chi connectivity index (χ3n) is 6.20. The number of alkyl halides is 3. The molecule has 3 aromatic carbocycles. The van der Waals surface area contributed by atoms with E-state index in [-0.39, 0.29) is 29.8 Å². The van der Waals surface area contributed by atoms with Crippen molar-refractivity contribution in [3.05, 3.63) is 77.4 Å². The van der Waals surface area contributed by atoms with E-state index in [1.165, 1.54) is 18.2 Å². The molecule has 0 aromatic heterocycles. The average molecular weight is 460 g/mol. The summed E-state index contributed by atoms with van der Waals surface area (Å²) in [4.78, 5) is 0. The van der Waals surface area contributed by atoms with Crippen molar-refractivity contribution in [3.63, 3.8) is 0 Å². The third kappa shape index (κ3) is 5.32. The number of nitrogens with two attached hydrogens (primary N) is 1. The van der Waals surface area contributed by atoms with Crippen LogP contribution in [0.3, 0.4) is 0 Å². The zero-order valence-corrected chi connectivity index (χ0v) is 18.4. The van der Waals surface area contributed by atoms with Crippen LogP contribution in [0.25, 0.3) is 10.8 Å². The maximum absolute atomic E-state index is 14.0. The molecule has 1 fully saturated rings. The molecule has 0 bridgehead atoms. The minimum Gasteiger partial charge on any atom is -0.490 e. The lowest BCUT2D eigenvalue weighted by Gasteiger charge is -2.36. The fraction of sp³-hybridized carbons (Fsp3) is 0.385. The topological polar surface area (TPSA) is 64.7 Å². The van der Waals surface area contributed by atoms with Crippen molar-refractivity contribution in [2.75, 3.05) is 13.2 Å². The minimum absolute atomic E-state index is 0.0551. The molecule has 1 saturated carbocycles. The number of aliphatic hydroxyl groups excluding tert-OH is 1. The van der Waals surface area contributed by atoms with Crippen LogP contribution in [-0.2, 0) is 23.1 Å². The van der Waals surface area contributed by atoms with Gasteiger partial charge in [0.1, 0.15) is 11.3 Å². The molecule has 0 saturated heterocycles. The fourth-order valence-corrected chi connectivity index (χ4v) is 4.15. The van der Waals surface area contributed by atoms with Crippen LogP contribution in [0.5, 0.6) is 5.75 Å². The summed E-state index contributed by atoms with van der Waals surface area (Å²) in [6.45, 7) is 2.40. The predicted molar refractivity (Wildman–Crippen MR) is 121 cm³/mol. The van der Waals surface area contributed by atoms with E-state index in [4.69, 9.17) is 15.2 Å². The number of fused-ring (bicyclic) bond motifs is 1. The Bertz CT molecular complexity index is 1090. The first kappa shape index (κ1) is 23.5. The van der Waals surface area contributed by atoms with Crippen LogP contribution in [0, 0.1) is 5.92 Å². The Kier molecular flexibility index (Phi) is 6.66. The number of rotatable bonds is 8. The first-order chi connectivity index (χ1) is 15.7. The summed E-state index contributed by atoms with van der Waals surface area (Å²) in [5, 5.41) is 9.94. The van der Waals surface area contributed by atoms with Gasteiger partial charge in [0.25, 0.3) is 0 Å². The van der Waals surface area contributed by atoms with Crippen molar-refractivity contribution in [2.24, 2.45) is 11.7 Å². The van der Waals surface area contributed by atoms with E-state index in [9.17, 15) is 18.3 Å². The van der Waals surface area contributed by atoms with Crippen LogP contribution in [-0.4, -0.2) is 24.4 Å². The SMILES string of the molecule is C[C@](N)(CO)c1ccc2c(C(F)(F)F)c(O[C@H]3C[C@@H](COCc4ccccc4)C3)ccc2c1. The summed E-state index contributed by atoms with van der Waals surface area (Å²) in [7, 11) is 0. The van der Waals surface area contributed by atoms with Crippen LogP contribution < -0.4 is 10.5 Å². The molecule has 3 N–H and O–H groups in total. The first-order valence-electron chi connectivity index (χ1n) is 11.0. The molecule has 1 atom stereocenters. The van der Waals surface area contributed by atoms with Gasteiger partial charge in [-0.1, -0.05) is 48.5 Å². The van der Waals surface area contributed by atoms with Crippen molar-refractivity contribution < 1.29 is 27.8 Å². The lowest BCUT2D eigenvalue weighted by atomic mass is 9.83. The highest BCUT2D eigenvalue weighted by Crippen LogP contribution is 2.44. The number of hydrogen-bond donors (Lipinski definition) is 2. The quantitative estimate of drug-likeness (QED) is 0.474. The highest BCUT2D eigenvalue weighted by molar-refractivity contribution is 5.89. The van der Waals surface area contributed by atoms with E-state index >= 15 is 0 Å². The van der Waals surface area contributed by atoms with E-state index in [2.05, 4.69) is 0 Å². The lowest BCUT2D eigenvalue weighted by Crippen LogP contribution is -2.37. The van der Waals surface area contributed by atoms with E-state index in [0.29, 0.717) is 37.0 Å². The molecule has 0 aliphatic heterocycles. The number of benzene rings is 3. The Balaban J connectivity index is 1.44. The van der Waals surface area contributed by atoms with Crippen molar-refractivity contribution in [2.45, 2.75) is 44.2 Å². The Labute approximate surface area is 191 Å².